The van der Waals surface area contributed by atoms with E-state index in [1.165, 1.54) is 11.1 Å². The fourth-order valence-electron chi connectivity index (χ4n) is 1.37. The number of hydrogen-bond acceptors (Lipinski definition) is 1. The molecule has 0 aliphatic rings. The fourth-order valence-corrected chi connectivity index (χ4v) is 1.37. The van der Waals surface area contributed by atoms with Crippen molar-refractivity contribution < 1.29 is 0 Å². The quantitative estimate of drug-likeness (QED) is 0.741. The second kappa shape index (κ2) is 3.44. The molecule has 0 aliphatic heterocycles. The van der Waals surface area contributed by atoms with Gasteiger partial charge < -0.3 is 4.98 Å². The van der Waals surface area contributed by atoms with Gasteiger partial charge in [-0.3, -0.25) is 0 Å². The number of aromatic nitrogens is 2. The van der Waals surface area contributed by atoms with Gasteiger partial charge in [-0.2, -0.15) is 0 Å². The Kier molecular flexibility index (Phi) is 2.13. The van der Waals surface area contributed by atoms with E-state index < -0.39 is 0 Å². The van der Waals surface area contributed by atoms with E-state index in [1.807, 2.05) is 6.20 Å². The lowest BCUT2D eigenvalue weighted by atomic mass is 10.1. The van der Waals surface area contributed by atoms with E-state index >= 15 is 0 Å². The highest BCUT2D eigenvalue weighted by Gasteiger charge is 1.98. The van der Waals surface area contributed by atoms with Crippen LogP contribution < -0.4 is 0 Å². The van der Waals surface area contributed by atoms with Gasteiger partial charge in [0, 0.05) is 11.8 Å². The summed E-state index contributed by atoms with van der Waals surface area (Å²) < 4.78 is 0. The van der Waals surface area contributed by atoms with E-state index in [9.17, 15) is 0 Å². The van der Waals surface area contributed by atoms with Crippen LogP contribution in [-0.2, 0) is 6.42 Å². The Labute approximate surface area is 77.6 Å². The molecule has 1 N–H and O–H groups in total. The highest BCUT2D eigenvalue weighted by Crippen LogP contribution is 2.17. The van der Waals surface area contributed by atoms with Crippen LogP contribution in [0.5, 0.6) is 0 Å². The molecular formula is C11H12N2. The van der Waals surface area contributed by atoms with Crippen LogP contribution in [0.2, 0.25) is 0 Å². The molecule has 2 nitrogen and oxygen atoms in total. The Morgan fingerprint density at radius 2 is 2.31 bits per heavy atom. The zero-order valence-electron chi connectivity index (χ0n) is 7.62. The summed E-state index contributed by atoms with van der Waals surface area (Å²) in [4.78, 5) is 7.16. The Balaban J connectivity index is 2.41. The average Bonchev–Trinajstić information content (AvgIpc) is 2.71. The lowest BCUT2D eigenvalue weighted by Gasteiger charge is -1.99. The summed E-state index contributed by atoms with van der Waals surface area (Å²) in [5.41, 5.74) is 3.54. The maximum Gasteiger partial charge on any atom is 0.0927 e. The SMILES string of the molecule is CCc1cccc(-c2c[nH]cn2)c1. The highest BCUT2D eigenvalue weighted by atomic mass is 14.9. The normalized spacial score (nSPS) is 10.2. The molecule has 0 atom stereocenters. The van der Waals surface area contributed by atoms with Crippen LogP contribution in [0.15, 0.2) is 36.8 Å². The van der Waals surface area contributed by atoms with Crippen LogP contribution in [0, 0.1) is 0 Å². The Bertz CT molecular complexity index is 377. The van der Waals surface area contributed by atoms with Crippen LogP contribution in [0.4, 0.5) is 0 Å². The first-order chi connectivity index (χ1) is 6.40. The van der Waals surface area contributed by atoms with Gasteiger partial charge in [0.2, 0.25) is 0 Å². The predicted molar refractivity (Wildman–Crippen MR) is 53.4 cm³/mol. The van der Waals surface area contributed by atoms with E-state index in [0.717, 1.165) is 12.1 Å². The molecule has 2 rings (SSSR count). The van der Waals surface area contributed by atoms with Crippen molar-refractivity contribution in [2.45, 2.75) is 13.3 Å². The molecule has 0 aliphatic carbocycles. The van der Waals surface area contributed by atoms with Crippen molar-refractivity contribution in [2.75, 3.05) is 0 Å². The predicted octanol–water partition coefficient (Wildman–Crippen LogP) is 2.64. The van der Waals surface area contributed by atoms with Crippen molar-refractivity contribution in [3.63, 3.8) is 0 Å². The molecule has 0 saturated carbocycles. The molecule has 0 unspecified atom stereocenters. The minimum atomic E-state index is 1.01. The summed E-state index contributed by atoms with van der Waals surface area (Å²) in [6, 6.07) is 8.46. The molecule has 13 heavy (non-hydrogen) atoms. The monoisotopic (exact) mass is 172 g/mol. The Hall–Kier alpha value is -1.57. The van der Waals surface area contributed by atoms with Gasteiger partial charge in [0.1, 0.15) is 0 Å². The minimum absolute atomic E-state index is 1.01. The van der Waals surface area contributed by atoms with E-state index in [-0.39, 0.29) is 0 Å². The maximum atomic E-state index is 4.21. The molecule has 0 amide bonds. The minimum Gasteiger partial charge on any atom is -0.351 e. The summed E-state index contributed by atoms with van der Waals surface area (Å²) in [5, 5.41) is 0. The number of rotatable bonds is 2. The lowest BCUT2D eigenvalue weighted by Crippen LogP contribution is -1.82. The van der Waals surface area contributed by atoms with Gasteiger partial charge in [-0.1, -0.05) is 25.1 Å². The van der Waals surface area contributed by atoms with Crippen molar-refractivity contribution in [2.24, 2.45) is 0 Å². The van der Waals surface area contributed by atoms with E-state index in [0.29, 0.717) is 0 Å². The van der Waals surface area contributed by atoms with Crippen molar-refractivity contribution >= 4 is 0 Å². The second-order valence-electron chi connectivity index (χ2n) is 3.01. The van der Waals surface area contributed by atoms with Gasteiger partial charge in [0.25, 0.3) is 0 Å². The van der Waals surface area contributed by atoms with Gasteiger partial charge in [0.05, 0.1) is 12.0 Å². The van der Waals surface area contributed by atoms with Crippen molar-refractivity contribution in [3.8, 4) is 11.3 Å². The molecule has 1 aromatic carbocycles. The molecule has 0 radical (unpaired) electrons. The Morgan fingerprint density at radius 1 is 1.38 bits per heavy atom. The van der Waals surface area contributed by atoms with Crippen LogP contribution in [-0.4, -0.2) is 9.97 Å². The molecule has 66 valence electrons. The summed E-state index contributed by atoms with van der Waals surface area (Å²) in [7, 11) is 0. The van der Waals surface area contributed by atoms with Gasteiger partial charge in [-0.25, -0.2) is 4.98 Å². The van der Waals surface area contributed by atoms with Crippen LogP contribution in [0.1, 0.15) is 12.5 Å². The van der Waals surface area contributed by atoms with Crippen molar-refractivity contribution in [1.82, 2.24) is 9.97 Å². The fraction of sp³-hybridized carbons (Fsp3) is 0.182. The summed E-state index contributed by atoms with van der Waals surface area (Å²) in [5.74, 6) is 0. The van der Waals surface area contributed by atoms with Gasteiger partial charge in [-0.15, -0.1) is 0 Å². The number of hydrogen-bond donors (Lipinski definition) is 1. The number of benzene rings is 1. The first-order valence-corrected chi connectivity index (χ1v) is 4.48. The zero-order chi connectivity index (χ0) is 9.10. The zero-order valence-corrected chi connectivity index (χ0v) is 7.62. The first-order valence-electron chi connectivity index (χ1n) is 4.48. The van der Waals surface area contributed by atoms with E-state index in [4.69, 9.17) is 0 Å². The number of H-pyrrole nitrogens is 1. The second-order valence-corrected chi connectivity index (χ2v) is 3.01. The van der Waals surface area contributed by atoms with Crippen molar-refractivity contribution in [3.05, 3.63) is 42.4 Å². The first kappa shape index (κ1) is 8.05. The lowest BCUT2D eigenvalue weighted by molar-refractivity contribution is 1.14. The number of nitrogens with one attached hydrogen (secondary N) is 1. The molecule has 1 aromatic heterocycles. The number of aromatic amines is 1. The average molecular weight is 172 g/mol. The number of nitrogens with zero attached hydrogens (tertiary/aromatic N) is 1. The molecule has 0 fully saturated rings. The molecule has 0 spiro atoms. The van der Waals surface area contributed by atoms with Gasteiger partial charge in [-0.05, 0) is 18.1 Å². The largest absolute Gasteiger partial charge is 0.351 e. The van der Waals surface area contributed by atoms with Crippen LogP contribution in [0.3, 0.4) is 0 Å². The third-order valence-electron chi connectivity index (χ3n) is 2.13. The third-order valence-corrected chi connectivity index (χ3v) is 2.13. The molecule has 0 bridgehead atoms. The Morgan fingerprint density at radius 3 is 3.00 bits per heavy atom. The highest BCUT2D eigenvalue weighted by molar-refractivity contribution is 5.58. The summed E-state index contributed by atoms with van der Waals surface area (Å²) in [6.45, 7) is 2.16. The summed E-state index contributed by atoms with van der Waals surface area (Å²) in [6.07, 6.45) is 4.68. The van der Waals surface area contributed by atoms with Crippen LogP contribution in [0.25, 0.3) is 11.3 Å². The molecular weight excluding hydrogens is 160 g/mol. The standard InChI is InChI=1S/C11H12N2/c1-2-9-4-3-5-10(6-9)11-7-12-8-13-11/h3-8H,2H2,1H3,(H,12,13). The number of aryl methyl sites for hydroxylation is 1. The molecule has 0 saturated heterocycles. The van der Waals surface area contributed by atoms with Gasteiger partial charge in [0.15, 0.2) is 0 Å². The third kappa shape index (κ3) is 1.61. The van der Waals surface area contributed by atoms with E-state index in [1.54, 1.807) is 6.33 Å². The summed E-state index contributed by atoms with van der Waals surface area (Å²) >= 11 is 0. The maximum absolute atomic E-state index is 4.21. The van der Waals surface area contributed by atoms with Crippen molar-refractivity contribution in [1.29, 1.82) is 0 Å². The molecule has 1 heterocycles. The molecule has 2 heteroatoms. The van der Waals surface area contributed by atoms with E-state index in [2.05, 4.69) is 41.2 Å². The van der Waals surface area contributed by atoms with Crippen LogP contribution >= 0.6 is 0 Å². The molecule has 2 aromatic rings. The smallest absolute Gasteiger partial charge is 0.0927 e. The number of imidazole rings is 1. The van der Waals surface area contributed by atoms with Gasteiger partial charge >= 0.3 is 0 Å². The topological polar surface area (TPSA) is 28.7 Å².